The van der Waals surface area contributed by atoms with Gasteiger partial charge in [0.1, 0.15) is 5.69 Å². The highest BCUT2D eigenvalue weighted by molar-refractivity contribution is 5.92. The minimum atomic E-state index is -0.0787. The van der Waals surface area contributed by atoms with Crippen LogP contribution >= 0.6 is 0 Å². The van der Waals surface area contributed by atoms with Gasteiger partial charge in [-0.15, -0.1) is 0 Å². The summed E-state index contributed by atoms with van der Waals surface area (Å²) in [5.74, 6) is 0.970. The van der Waals surface area contributed by atoms with Crippen molar-refractivity contribution in [3.05, 3.63) is 17.5 Å². The Bertz CT molecular complexity index is 493. The lowest BCUT2D eigenvalue weighted by Gasteiger charge is -2.16. The molecule has 0 spiro atoms. The van der Waals surface area contributed by atoms with Crippen LogP contribution in [0, 0.1) is 12.8 Å². The molecule has 1 saturated carbocycles. The van der Waals surface area contributed by atoms with Crippen LogP contribution in [0.25, 0.3) is 0 Å². The average Bonchev–Trinajstić information content (AvgIpc) is 2.73. The van der Waals surface area contributed by atoms with Gasteiger partial charge in [-0.25, -0.2) is 9.97 Å². The molecule has 22 heavy (non-hydrogen) atoms. The van der Waals surface area contributed by atoms with Crippen molar-refractivity contribution in [3.63, 3.8) is 0 Å². The summed E-state index contributed by atoms with van der Waals surface area (Å²) in [6.45, 7) is 6.95. The van der Waals surface area contributed by atoms with Gasteiger partial charge in [0, 0.05) is 18.3 Å². The number of carbonyl (C=O) groups is 1. The Balaban J connectivity index is 2.01. The maximum absolute atomic E-state index is 12.4. The maximum Gasteiger partial charge on any atom is 0.270 e. The van der Waals surface area contributed by atoms with Crippen LogP contribution < -0.4 is 10.6 Å². The first kappa shape index (κ1) is 16.7. The van der Waals surface area contributed by atoms with Gasteiger partial charge in [0.15, 0.2) is 0 Å². The van der Waals surface area contributed by atoms with E-state index in [1.54, 1.807) is 6.07 Å². The molecule has 122 valence electrons. The fourth-order valence-electron chi connectivity index (χ4n) is 2.74. The number of aryl methyl sites for hydroxylation is 1. The number of aromatic nitrogens is 2. The lowest BCUT2D eigenvalue weighted by molar-refractivity contribution is 0.0928. The molecule has 1 amide bonds. The van der Waals surface area contributed by atoms with Crippen LogP contribution in [0.4, 0.5) is 5.95 Å². The van der Waals surface area contributed by atoms with Crippen molar-refractivity contribution in [3.8, 4) is 0 Å². The SMILES string of the molecule is Cc1cc(C(=O)NC2CCCCCC2)nc(NCC(C)C)n1. The zero-order chi connectivity index (χ0) is 15.9. The Morgan fingerprint density at radius 1 is 1.23 bits per heavy atom. The highest BCUT2D eigenvalue weighted by Crippen LogP contribution is 2.17. The Morgan fingerprint density at radius 3 is 2.55 bits per heavy atom. The first-order chi connectivity index (χ1) is 10.5. The van der Waals surface area contributed by atoms with E-state index in [4.69, 9.17) is 0 Å². The van der Waals surface area contributed by atoms with E-state index < -0.39 is 0 Å². The van der Waals surface area contributed by atoms with E-state index in [-0.39, 0.29) is 11.9 Å². The zero-order valence-corrected chi connectivity index (χ0v) is 14.0. The van der Waals surface area contributed by atoms with Gasteiger partial charge in [-0.05, 0) is 31.7 Å². The third-order valence-corrected chi connectivity index (χ3v) is 3.95. The molecule has 1 aromatic heterocycles. The van der Waals surface area contributed by atoms with Crippen LogP contribution in [-0.2, 0) is 0 Å². The molecule has 1 fully saturated rings. The zero-order valence-electron chi connectivity index (χ0n) is 14.0. The van der Waals surface area contributed by atoms with Crippen LogP contribution in [0.3, 0.4) is 0 Å². The molecule has 2 N–H and O–H groups in total. The van der Waals surface area contributed by atoms with E-state index >= 15 is 0 Å². The third-order valence-electron chi connectivity index (χ3n) is 3.95. The minimum absolute atomic E-state index is 0.0787. The van der Waals surface area contributed by atoms with Crippen molar-refractivity contribution in [2.24, 2.45) is 5.92 Å². The van der Waals surface area contributed by atoms with Crippen LogP contribution in [-0.4, -0.2) is 28.5 Å². The molecule has 2 rings (SSSR count). The Morgan fingerprint density at radius 2 is 1.91 bits per heavy atom. The molecular weight excluding hydrogens is 276 g/mol. The van der Waals surface area contributed by atoms with E-state index in [1.165, 1.54) is 25.7 Å². The summed E-state index contributed by atoms with van der Waals surface area (Å²) in [7, 11) is 0. The lowest BCUT2D eigenvalue weighted by Crippen LogP contribution is -2.35. The number of rotatable bonds is 5. The van der Waals surface area contributed by atoms with E-state index in [1.807, 2.05) is 6.92 Å². The van der Waals surface area contributed by atoms with Crippen molar-refractivity contribution in [1.82, 2.24) is 15.3 Å². The Hall–Kier alpha value is -1.65. The summed E-state index contributed by atoms with van der Waals surface area (Å²) in [5, 5.41) is 6.33. The molecule has 0 aliphatic heterocycles. The van der Waals surface area contributed by atoms with Crippen molar-refractivity contribution >= 4 is 11.9 Å². The van der Waals surface area contributed by atoms with Gasteiger partial charge < -0.3 is 10.6 Å². The fourth-order valence-corrected chi connectivity index (χ4v) is 2.74. The number of amides is 1. The molecule has 0 radical (unpaired) electrons. The topological polar surface area (TPSA) is 66.9 Å². The molecule has 1 heterocycles. The van der Waals surface area contributed by atoms with Gasteiger partial charge in [0.05, 0.1) is 0 Å². The quantitative estimate of drug-likeness (QED) is 0.819. The normalized spacial score (nSPS) is 16.4. The van der Waals surface area contributed by atoms with Crippen LogP contribution in [0.2, 0.25) is 0 Å². The minimum Gasteiger partial charge on any atom is -0.354 e. The number of carbonyl (C=O) groups excluding carboxylic acids is 1. The molecule has 1 aliphatic carbocycles. The standard InChI is InChI=1S/C17H28N4O/c1-12(2)11-18-17-19-13(3)10-15(21-17)16(22)20-14-8-6-4-5-7-9-14/h10,12,14H,4-9,11H2,1-3H3,(H,20,22)(H,18,19,21). The first-order valence-electron chi connectivity index (χ1n) is 8.45. The lowest BCUT2D eigenvalue weighted by atomic mass is 10.1. The summed E-state index contributed by atoms with van der Waals surface area (Å²) in [6.07, 6.45) is 7.12. The molecular formula is C17H28N4O. The first-order valence-corrected chi connectivity index (χ1v) is 8.45. The van der Waals surface area contributed by atoms with E-state index in [9.17, 15) is 4.79 Å². The van der Waals surface area contributed by atoms with Gasteiger partial charge in [0.25, 0.3) is 5.91 Å². The second-order valence-corrected chi connectivity index (χ2v) is 6.65. The molecule has 0 atom stereocenters. The summed E-state index contributed by atoms with van der Waals surface area (Å²) in [5.41, 5.74) is 1.27. The molecule has 0 saturated heterocycles. The van der Waals surface area contributed by atoms with Crippen LogP contribution in [0.5, 0.6) is 0 Å². The Labute approximate surface area is 133 Å². The van der Waals surface area contributed by atoms with E-state index in [2.05, 4.69) is 34.4 Å². The van der Waals surface area contributed by atoms with Crippen molar-refractivity contribution in [2.45, 2.75) is 65.3 Å². The second-order valence-electron chi connectivity index (χ2n) is 6.65. The van der Waals surface area contributed by atoms with Crippen molar-refractivity contribution in [2.75, 3.05) is 11.9 Å². The summed E-state index contributed by atoms with van der Waals surface area (Å²) in [6, 6.07) is 2.05. The molecule has 1 aliphatic rings. The number of nitrogens with one attached hydrogen (secondary N) is 2. The van der Waals surface area contributed by atoms with Crippen LogP contribution in [0.15, 0.2) is 6.07 Å². The number of nitrogens with zero attached hydrogens (tertiary/aromatic N) is 2. The predicted octanol–water partition coefficient (Wildman–Crippen LogP) is 3.31. The highest BCUT2D eigenvalue weighted by atomic mass is 16.1. The predicted molar refractivity (Wildman–Crippen MR) is 89.1 cm³/mol. The van der Waals surface area contributed by atoms with Gasteiger partial charge in [0.2, 0.25) is 5.95 Å². The summed E-state index contributed by atoms with van der Waals surface area (Å²) >= 11 is 0. The smallest absolute Gasteiger partial charge is 0.270 e. The number of hydrogen-bond acceptors (Lipinski definition) is 4. The molecule has 0 unspecified atom stereocenters. The second kappa shape index (κ2) is 8.11. The largest absolute Gasteiger partial charge is 0.354 e. The Kier molecular flexibility index (Phi) is 6.16. The molecule has 0 bridgehead atoms. The van der Waals surface area contributed by atoms with E-state index in [0.29, 0.717) is 17.6 Å². The van der Waals surface area contributed by atoms with Crippen molar-refractivity contribution < 1.29 is 4.79 Å². The molecule has 1 aromatic rings. The van der Waals surface area contributed by atoms with Gasteiger partial charge in [-0.3, -0.25) is 4.79 Å². The summed E-state index contributed by atoms with van der Waals surface area (Å²) in [4.78, 5) is 21.1. The fraction of sp³-hybridized carbons (Fsp3) is 0.706. The monoisotopic (exact) mass is 304 g/mol. The maximum atomic E-state index is 12.4. The van der Waals surface area contributed by atoms with Gasteiger partial charge in [-0.1, -0.05) is 39.5 Å². The molecule has 0 aromatic carbocycles. The van der Waals surface area contributed by atoms with Gasteiger partial charge >= 0.3 is 0 Å². The summed E-state index contributed by atoms with van der Waals surface area (Å²) < 4.78 is 0. The number of hydrogen-bond donors (Lipinski definition) is 2. The van der Waals surface area contributed by atoms with Crippen molar-refractivity contribution in [1.29, 1.82) is 0 Å². The van der Waals surface area contributed by atoms with E-state index in [0.717, 1.165) is 25.1 Å². The third kappa shape index (κ3) is 5.28. The number of anilines is 1. The van der Waals surface area contributed by atoms with Gasteiger partial charge in [-0.2, -0.15) is 0 Å². The highest BCUT2D eigenvalue weighted by Gasteiger charge is 2.17. The molecule has 5 nitrogen and oxygen atoms in total. The average molecular weight is 304 g/mol. The molecule has 5 heteroatoms. The van der Waals surface area contributed by atoms with Crippen LogP contribution in [0.1, 0.15) is 68.6 Å².